The Kier molecular flexibility index (Phi) is 3.42. The van der Waals surface area contributed by atoms with Gasteiger partial charge in [0.2, 0.25) is 0 Å². The van der Waals surface area contributed by atoms with E-state index in [1.165, 1.54) is 4.90 Å². The molecule has 0 amide bonds. The lowest BCUT2D eigenvalue weighted by Gasteiger charge is -2.06. The summed E-state index contributed by atoms with van der Waals surface area (Å²) in [5.41, 5.74) is 2.83. The van der Waals surface area contributed by atoms with Gasteiger partial charge in [-0.2, -0.15) is 0 Å². The number of thioether (sulfide) groups is 1. The van der Waals surface area contributed by atoms with Crippen molar-refractivity contribution in [2.24, 2.45) is 0 Å². The molecule has 2 aromatic carbocycles. The fourth-order valence-corrected chi connectivity index (χ4v) is 2.07. The molecule has 80 valence electrons. The van der Waals surface area contributed by atoms with Gasteiger partial charge in [0.25, 0.3) is 0 Å². The zero-order valence-electron chi connectivity index (χ0n) is 9.01. The summed E-state index contributed by atoms with van der Waals surface area (Å²) in [4.78, 5) is 12.2. The van der Waals surface area contributed by atoms with Gasteiger partial charge < -0.3 is 0 Å². The van der Waals surface area contributed by atoms with Crippen LogP contribution in [0.4, 0.5) is 0 Å². The molecule has 2 aromatic rings. The molecule has 0 bridgehead atoms. The van der Waals surface area contributed by atoms with Crippen molar-refractivity contribution in [1.29, 1.82) is 0 Å². The molecule has 0 fully saturated rings. The number of hydrogen-bond donors (Lipinski definition) is 0. The third-order valence-corrected chi connectivity index (χ3v) is 3.20. The minimum absolute atomic E-state index is 0.740. The molecule has 0 aliphatic rings. The normalized spacial score (nSPS) is 10.1. The number of carbonyl (C=O) groups is 1. The summed E-state index contributed by atoms with van der Waals surface area (Å²) < 4.78 is 0. The molecular weight excluding hydrogens is 216 g/mol. The summed E-state index contributed by atoms with van der Waals surface area (Å²) in [6, 6.07) is 15.9. The highest BCUT2D eigenvalue weighted by Crippen LogP contribution is 2.27. The molecule has 1 nitrogen and oxygen atoms in total. The first-order chi connectivity index (χ1) is 7.85. The minimum atomic E-state index is 0.740. The average Bonchev–Trinajstić information content (AvgIpc) is 2.39. The molecule has 0 saturated carbocycles. The Morgan fingerprint density at radius 3 is 2.44 bits per heavy atom. The van der Waals surface area contributed by atoms with E-state index in [1.54, 1.807) is 11.8 Å². The number of rotatable bonds is 3. The third-order valence-electron chi connectivity index (χ3n) is 2.47. The molecule has 0 N–H and O–H groups in total. The monoisotopic (exact) mass is 228 g/mol. The Morgan fingerprint density at radius 1 is 1.06 bits per heavy atom. The van der Waals surface area contributed by atoms with Gasteiger partial charge in [0.05, 0.1) is 0 Å². The average molecular weight is 228 g/mol. The van der Waals surface area contributed by atoms with Crippen LogP contribution in [0.15, 0.2) is 53.4 Å². The first kappa shape index (κ1) is 11.0. The standard InChI is InChI=1S/C14H12OS/c1-16-13-8-7-12(10-15)14(9-13)11-5-3-2-4-6-11/h2-10H,1H3. The summed E-state index contributed by atoms with van der Waals surface area (Å²) >= 11 is 1.68. The fourth-order valence-electron chi connectivity index (χ4n) is 1.63. The van der Waals surface area contributed by atoms with Crippen molar-refractivity contribution in [2.75, 3.05) is 6.26 Å². The van der Waals surface area contributed by atoms with Crippen molar-refractivity contribution in [2.45, 2.75) is 4.90 Å². The lowest BCUT2D eigenvalue weighted by Crippen LogP contribution is -1.87. The lowest BCUT2D eigenvalue weighted by molar-refractivity contribution is 0.112. The molecule has 0 aliphatic heterocycles. The maximum absolute atomic E-state index is 11.0. The Labute approximate surface area is 99.5 Å². The van der Waals surface area contributed by atoms with Crippen molar-refractivity contribution in [3.63, 3.8) is 0 Å². The van der Waals surface area contributed by atoms with Crippen LogP contribution in [0.3, 0.4) is 0 Å². The van der Waals surface area contributed by atoms with Crippen LogP contribution in [0.5, 0.6) is 0 Å². The third kappa shape index (κ3) is 2.17. The van der Waals surface area contributed by atoms with E-state index >= 15 is 0 Å². The molecule has 2 heteroatoms. The van der Waals surface area contributed by atoms with E-state index < -0.39 is 0 Å². The van der Waals surface area contributed by atoms with Crippen LogP contribution in [0.25, 0.3) is 11.1 Å². The fraction of sp³-hybridized carbons (Fsp3) is 0.0714. The minimum Gasteiger partial charge on any atom is -0.298 e. The van der Waals surface area contributed by atoms with Crippen molar-refractivity contribution in [1.82, 2.24) is 0 Å². The van der Waals surface area contributed by atoms with Crippen molar-refractivity contribution < 1.29 is 4.79 Å². The highest BCUT2D eigenvalue weighted by atomic mass is 32.2. The molecule has 0 radical (unpaired) electrons. The second kappa shape index (κ2) is 4.99. The van der Waals surface area contributed by atoms with Gasteiger partial charge in [-0.15, -0.1) is 11.8 Å². The maximum Gasteiger partial charge on any atom is 0.150 e. The Balaban J connectivity index is 2.57. The van der Waals surface area contributed by atoms with Gasteiger partial charge in [-0.1, -0.05) is 30.3 Å². The molecule has 0 spiro atoms. The summed E-state index contributed by atoms with van der Waals surface area (Å²) in [7, 11) is 0. The van der Waals surface area contributed by atoms with Crippen molar-refractivity contribution in [3.05, 3.63) is 54.1 Å². The van der Waals surface area contributed by atoms with Gasteiger partial charge in [0.15, 0.2) is 6.29 Å². The van der Waals surface area contributed by atoms with Crippen LogP contribution in [0.1, 0.15) is 10.4 Å². The predicted octanol–water partition coefficient (Wildman–Crippen LogP) is 3.89. The van der Waals surface area contributed by atoms with Crippen LogP contribution in [-0.4, -0.2) is 12.5 Å². The second-order valence-corrected chi connectivity index (χ2v) is 4.32. The topological polar surface area (TPSA) is 17.1 Å². The first-order valence-electron chi connectivity index (χ1n) is 5.04. The smallest absolute Gasteiger partial charge is 0.150 e. The Morgan fingerprint density at radius 2 is 1.81 bits per heavy atom. The maximum atomic E-state index is 11.0. The van der Waals surface area contributed by atoms with E-state index in [0.717, 1.165) is 23.0 Å². The molecule has 2 rings (SSSR count). The van der Waals surface area contributed by atoms with Crippen LogP contribution in [0.2, 0.25) is 0 Å². The molecule has 0 aromatic heterocycles. The molecule has 0 unspecified atom stereocenters. The number of aldehydes is 1. The second-order valence-electron chi connectivity index (χ2n) is 3.44. The summed E-state index contributed by atoms with van der Waals surface area (Å²) in [6.07, 6.45) is 2.94. The molecule has 0 atom stereocenters. The van der Waals surface area contributed by atoms with Crippen LogP contribution >= 0.6 is 11.8 Å². The summed E-state index contributed by atoms with van der Waals surface area (Å²) in [6.45, 7) is 0. The Bertz CT molecular complexity index is 491. The SMILES string of the molecule is CSc1ccc(C=O)c(-c2ccccc2)c1. The predicted molar refractivity (Wildman–Crippen MR) is 69.0 cm³/mol. The quantitative estimate of drug-likeness (QED) is 0.585. The van der Waals surface area contributed by atoms with Crippen LogP contribution < -0.4 is 0 Å². The zero-order valence-corrected chi connectivity index (χ0v) is 9.83. The van der Waals surface area contributed by atoms with E-state index in [-0.39, 0.29) is 0 Å². The molecular formula is C14H12OS. The van der Waals surface area contributed by atoms with E-state index in [1.807, 2.05) is 48.7 Å². The summed E-state index contributed by atoms with van der Waals surface area (Å²) in [5, 5.41) is 0. The molecule has 0 heterocycles. The number of benzene rings is 2. The highest BCUT2D eigenvalue weighted by molar-refractivity contribution is 7.98. The largest absolute Gasteiger partial charge is 0.298 e. The Hall–Kier alpha value is -1.54. The van der Waals surface area contributed by atoms with Crippen LogP contribution in [0, 0.1) is 0 Å². The van der Waals surface area contributed by atoms with Gasteiger partial charge in [0, 0.05) is 10.5 Å². The van der Waals surface area contributed by atoms with Gasteiger partial charge in [0.1, 0.15) is 0 Å². The van der Waals surface area contributed by atoms with E-state index in [2.05, 4.69) is 6.07 Å². The van der Waals surface area contributed by atoms with Gasteiger partial charge in [-0.25, -0.2) is 0 Å². The van der Waals surface area contributed by atoms with E-state index in [0.29, 0.717) is 0 Å². The lowest BCUT2D eigenvalue weighted by atomic mass is 10.0. The van der Waals surface area contributed by atoms with Crippen molar-refractivity contribution >= 4 is 18.0 Å². The first-order valence-corrected chi connectivity index (χ1v) is 6.26. The highest BCUT2D eigenvalue weighted by Gasteiger charge is 2.04. The van der Waals surface area contributed by atoms with Gasteiger partial charge in [-0.05, 0) is 35.6 Å². The van der Waals surface area contributed by atoms with Gasteiger partial charge in [-0.3, -0.25) is 4.79 Å². The van der Waals surface area contributed by atoms with Gasteiger partial charge >= 0.3 is 0 Å². The van der Waals surface area contributed by atoms with Crippen molar-refractivity contribution in [3.8, 4) is 11.1 Å². The van der Waals surface area contributed by atoms with E-state index in [4.69, 9.17) is 0 Å². The number of hydrogen-bond acceptors (Lipinski definition) is 2. The van der Waals surface area contributed by atoms with Crippen LogP contribution in [-0.2, 0) is 0 Å². The number of carbonyl (C=O) groups excluding carboxylic acids is 1. The molecule has 0 aliphatic carbocycles. The van der Waals surface area contributed by atoms with E-state index in [9.17, 15) is 4.79 Å². The summed E-state index contributed by atoms with van der Waals surface area (Å²) in [5.74, 6) is 0. The zero-order chi connectivity index (χ0) is 11.4. The molecule has 0 saturated heterocycles. The molecule has 16 heavy (non-hydrogen) atoms.